The van der Waals surface area contributed by atoms with Crippen molar-refractivity contribution < 1.29 is 5.11 Å². The molecule has 0 unspecified atom stereocenters. The zero-order valence-electron chi connectivity index (χ0n) is 8.88. The molecule has 0 aliphatic carbocycles. The lowest BCUT2D eigenvalue weighted by atomic mass is 10.2. The Morgan fingerprint density at radius 3 is 3.06 bits per heavy atom. The van der Waals surface area contributed by atoms with Crippen LogP contribution in [-0.4, -0.2) is 19.5 Å². The Morgan fingerprint density at radius 1 is 1.38 bits per heavy atom. The Bertz CT molecular complexity index is 672. The molecule has 0 spiro atoms. The van der Waals surface area contributed by atoms with E-state index in [1.165, 1.54) is 0 Å². The van der Waals surface area contributed by atoms with Gasteiger partial charge in [-0.2, -0.15) is 0 Å². The molecule has 0 aliphatic rings. The van der Waals surface area contributed by atoms with Crippen LogP contribution in [0.1, 0.15) is 11.4 Å². The van der Waals surface area contributed by atoms with Gasteiger partial charge in [-0.15, -0.1) is 0 Å². The molecule has 0 bridgehead atoms. The highest BCUT2D eigenvalue weighted by Gasteiger charge is 2.09. The fourth-order valence-corrected chi connectivity index (χ4v) is 1.97. The molecule has 1 N–H and O–H groups in total. The van der Waals surface area contributed by atoms with Crippen molar-refractivity contribution >= 4 is 16.6 Å². The van der Waals surface area contributed by atoms with Crippen molar-refractivity contribution in [3.63, 3.8) is 0 Å². The van der Waals surface area contributed by atoms with Gasteiger partial charge in [0.1, 0.15) is 5.65 Å². The van der Waals surface area contributed by atoms with Crippen molar-refractivity contribution in [1.82, 2.24) is 14.4 Å². The molecule has 0 saturated heterocycles. The van der Waals surface area contributed by atoms with Gasteiger partial charge in [0.25, 0.3) is 0 Å². The third-order valence-electron chi connectivity index (χ3n) is 2.86. The largest absolute Gasteiger partial charge is 0.390 e. The fourth-order valence-electron chi connectivity index (χ4n) is 1.97. The van der Waals surface area contributed by atoms with Crippen molar-refractivity contribution in [3.8, 4) is 0 Å². The highest BCUT2D eigenvalue weighted by molar-refractivity contribution is 5.91. The van der Waals surface area contributed by atoms with Crippen LogP contribution in [-0.2, 0) is 6.61 Å². The molecule has 3 heterocycles. The molecule has 0 aromatic carbocycles. The quantitative estimate of drug-likeness (QED) is 0.669. The van der Waals surface area contributed by atoms with Crippen LogP contribution in [0.15, 0.2) is 30.6 Å². The van der Waals surface area contributed by atoms with Gasteiger partial charge in [-0.1, -0.05) is 0 Å². The number of pyridine rings is 2. The molecule has 0 aliphatic heterocycles. The normalized spacial score (nSPS) is 11.4. The minimum absolute atomic E-state index is 0.0325. The number of fused-ring (bicyclic) bond motifs is 3. The molecular formula is C12H11N3O. The molecule has 4 heteroatoms. The van der Waals surface area contributed by atoms with Crippen LogP contribution >= 0.6 is 0 Å². The van der Waals surface area contributed by atoms with Crippen LogP contribution in [0, 0.1) is 6.92 Å². The maximum atomic E-state index is 9.20. The smallest absolute Gasteiger partial charge is 0.146 e. The molecule has 0 radical (unpaired) electrons. The molecule has 3 aromatic heterocycles. The van der Waals surface area contributed by atoms with Crippen LogP contribution in [0.5, 0.6) is 0 Å². The first-order valence-electron chi connectivity index (χ1n) is 5.13. The van der Waals surface area contributed by atoms with Crippen LogP contribution in [0.3, 0.4) is 0 Å². The second-order valence-corrected chi connectivity index (χ2v) is 3.75. The first-order chi connectivity index (χ1) is 7.81. The molecule has 16 heavy (non-hydrogen) atoms. The van der Waals surface area contributed by atoms with Gasteiger partial charge < -0.3 is 9.51 Å². The third-order valence-corrected chi connectivity index (χ3v) is 2.86. The number of aromatic nitrogens is 3. The Labute approximate surface area is 92.2 Å². The average Bonchev–Trinajstić information content (AvgIpc) is 2.67. The molecule has 3 aromatic rings. The second kappa shape index (κ2) is 3.28. The first-order valence-corrected chi connectivity index (χ1v) is 5.13. The summed E-state index contributed by atoms with van der Waals surface area (Å²) in [6.45, 7) is 1.92. The third kappa shape index (κ3) is 1.13. The molecule has 3 rings (SSSR count). The van der Waals surface area contributed by atoms with Gasteiger partial charge >= 0.3 is 0 Å². The molecule has 0 atom stereocenters. The Hall–Kier alpha value is -1.94. The first kappa shape index (κ1) is 9.30. The van der Waals surface area contributed by atoms with E-state index in [9.17, 15) is 5.11 Å². The number of aliphatic hydroxyl groups is 1. The summed E-state index contributed by atoms with van der Waals surface area (Å²) in [5, 5.41) is 10.2. The summed E-state index contributed by atoms with van der Waals surface area (Å²) in [5.74, 6) is 0. The van der Waals surface area contributed by atoms with Gasteiger partial charge in [0.05, 0.1) is 17.8 Å². The van der Waals surface area contributed by atoms with Gasteiger partial charge in [-0.05, 0) is 25.1 Å². The number of hydrogen-bond acceptors (Lipinski definition) is 3. The Balaban J connectivity index is 2.51. The molecular weight excluding hydrogens is 202 g/mol. The Kier molecular flexibility index (Phi) is 1.91. The number of nitrogens with zero attached hydrogens (tertiary/aromatic N) is 3. The lowest BCUT2D eigenvalue weighted by molar-refractivity contribution is 0.276. The lowest BCUT2D eigenvalue weighted by Gasteiger charge is -2.00. The van der Waals surface area contributed by atoms with E-state index >= 15 is 0 Å². The van der Waals surface area contributed by atoms with Crippen molar-refractivity contribution in [2.75, 3.05) is 0 Å². The van der Waals surface area contributed by atoms with Gasteiger partial charge in [0, 0.05) is 23.5 Å². The van der Waals surface area contributed by atoms with Crippen LogP contribution < -0.4 is 0 Å². The van der Waals surface area contributed by atoms with Crippen LogP contribution in [0.2, 0.25) is 0 Å². The predicted octanol–water partition coefficient (Wildman–Crippen LogP) is 1.68. The molecule has 80 valence electrons. The minimum Gasteiger partial charge on any atom is -0.390 e. The topological polar surface area (TPSA) is 50.4 Å². The monoisotopic (exact) mass is 213 g/mol. The van der Waals surface area contributed by atoms with Gasteiger partial charge in [0.15, 0.2) is 0 Å². The number of aryl methyl sites for hydroxylation is 1. The lowest BCUT2D eigenvalue weighted by Crippen LogP contribution is -1.90. The van der Waals surface area contributed by atoms with E-state index in [0.29, 0.717) is 0 Å². The highest BCUT2D eigenvalue weighted by atomic mass is 16.3. The summed E-state index contributed by atoms with van der Waals surface area (Å²) in [4.78, 5) is 8.71. The highest BCUT2D eigenvalue weighted by Crippen LogP contribution is 2.20. The standard InChI is InChI=1S/C12H11N3O/c1-8-11(7-16)14-12-9-3-2-5-13-10(9)4-6-15(8)12/h2-6,16H,7H2,1H3. The van der Waals surface area contributed by atoms with E-state index in [-0.39, 0.29) is 6.61 Å². The van der Waals surface area contributed by atoms with E-state index in [1.807, 2.05) is 35.7 Å². The second-order valence-electron chi connectivity index (χ2n) is 3.75. The summed E-state index contributed by atoms with van der Waals surface area (Å²) < 4.78 is 1.98. The van der Waals surface area contributed by atoms with Crippen LogP contribution in [0.25, 0.3) is 16.6 Å². The van der Waals surface area contributed by atoms with Crippen molar-refractivity contribution in [2.45, 2.75) is 13.5 Å². The summed E-state index contributed by atoms with van der Waals surface area (Å²) in [5.41, 5.74) is 3.47. The van der Waals surface area contributed by atoms with Crippen molar-refractivity contribution in [1.29, 1.82) is 0 Å². The van der Waals surface area contributed by atoms with E-state index in [1.54, 1.807) is 6.20 Å². The van der Waals surface area contributed by atoms with E-state index < -0.39 is 0 Å². The maximum absolute atomic E-state index is 9.20. The van der Waals surface area contributed by atoms with Crippen molar-refractivity contribution in [3.05, 3.63) is 42.0 Å². The van der Waals surface area contributed by atoms with E-state index in [4.69, 9.17) is 0 Å². The molecule has 0 amide bonds. The van der Waals surface area contributed by atoms with Crippen LogP contribution in [0.4, 0.5) is 0 Å². The van der Waals surface area contributed by atoms with Gasteiger partial charge in [0.2, 0.25) is 0 Å². The summed E-state index contributed by atoms with van der Waals surface area (Å²) in [6.07, 6.45) is 3.70. The van der Waals surface area contributed by atoms with E-state index in [2.05, 4.69) is 9.97 Å². The maximum Gasteiger partial charge on any atom is 0.146 e. The SMILES string of the molecule is Cc1c(CO)nc2c3cccnc3ccn12. The van der Waals surface area contributed by atoms with Gasteiger partial charge in [-0.25, -0.2) is 4.98 Å². The summed E-state index contributed by atoms with van der Waals surface area (Å²) >= 11 is 0. The van der Waals surface area contributed by atoms with Gasteiger partial charge in [-0.3, -0.25) is 4.98 Å². The number of imidazole rings is 1. The molecule has 0 fully saturated rings. The summed E-state index contributed by atoms with van der Waals surface area (Å²) in [7, 11) is 0. The Morgan fingerprint density at radius 2 is 2.25 bits per heavy atom. The molecule has 4 nitrogen and oxygen atoms in total. The number of aliphatic hydroxyl groups excluding tert-OH is 1. The summed E-state index contributed by atoms with van der Waals surface area (Å²) in [6, 6.07) is 5.84. The fraction of sp³-hybridized carbons (Fsp3) is 0.167. The van der Waals surface area contributed by atoms with E-state index in [0.717, 1.165) is 27.9 Å². The number of rotatable bonds is 1. The van der Waals surface area contributed by atoms with Crippen molar-refractivity contribution in [2.24, 2.45) is 0 Å². The zero-order valence-corrected chi connectivity index (χ0v) is 8.88. The predicted molar refractivity (Wildman–Crippen MR) is 61.2 cm³/mol. The zero-order chi connectivity index (χ0) is 11.1. The molecule has 0 saturated carbocycles. The minimum atomic E-state index is -0.0325. The average molecular weight is 213 g/mol. The number of hydrogen-bond donors (Lipinski definition) is 1.